The highest BCUT2D eigenvalue weighted by molar-refractivity contribution is 7.98. The van der Waals surface area contributed by atoms with Gasteiger partial charge in [-0.3, -0.25) is 9.69 Å². The molecule has 1 aliphatic rings. The van der Waals surface area contributed by atoms with Gasteiger partial charge in [0.25, 0.3) is 5.91 Å². The van der Waals surface area contributed by atoms with Crippen molar-refractivity contribution in [3.05, 3.63) is 29.8 Å². The largest absolute Gasteiger partial charge is 0.401 e. The van der Waals surface area contributed by atoms with Crippen LogP contribution in [0.15, 0.2) is 29.2 Å². The first-order valence-corrected chi connectivity index (χ1v) is 8.82. The van der Waals surface area contributed by atoms with E-state index in [0.29, 0.717) is 38.0 Å². The van der Waals surface area contributed by atoms with Gasteiger partial charge in [0.05, 0.1) is 12.1 Å². The average Bonchev–Trinajstić information content (AvgIpc) is 2.52. The molecule has 0 radical (unpaired) electrons. The van der Waals surface area contributed by atoms with Gasteiger partial charge in [-0.1, -0.05) is 12.1 Å². The number of nitrogens with zero attached hydrogens (tertiary/aromatic N) is 1. The van der Waals surface area contributed by atoms with Gasteiger partial charge in [0.2, 0.25) is 0 Å². The lowest BCUT2D eigenvalue weighted by atomic mass is 9.96. The van der Waals surface area contributed by atoms with Crippen LogP contribution in [0.1, 0.15) is 23.2 Å². The number of amides is 1. The first-order valence-electron chi connectivity index (χ1n) is 7.59. The van der Waals surface area contributed by atoms with Crippen molar-refractivity contribution in [2.24, 2.45) is 5.92 Å². The third-order valence-electron chi connectivity index (χ3n) is 4.01. The fourth-order valence-corrected chi connectivity index (χ4v) is 3.36. The molecule has 1 fully saturated rings. The Morgan fingerprint density at radius 3 is 2.57 bits per heavy atom. The molecule has 0 unspecified atom stereocenters. The minimum Gasteiger partial charge on any atom is -0.352 e. The molecule has 0 saturated carbocycles. The first-order chi connectivity index (χ1) is 10.9. The maximum Gasteiger partial charge on any atom is 0.401 e. The van der Waals surface area contributed by atoms with E-state index in [1.165, 1.54) is 16.7 Å². The van der Waals surface area contributed by atoms with Crippen LogP contribution >= 0.6 is 11.8 Å². The van der Waals surface area contributed by atoms with E-state index in [2.05, 4.69) is 5.32 Å². The molecule has 0 bridgehead atoms. The molecule has 0 aromatic heterocycles. The highest BCUT2D eigenvalue weighted by atomic mass is 32.2. The van der Waals surface area contributed by atoms with Gasteiger partial charge in [-0.25, -0.2) is 0 Å². The summed E-state index contributed by atoms with van der Waals surface area (Å²) in [5.41, 5.74) is 0.648. The van der Waals surface area contributed by atoms with Crippen LogP contribution in [0.2, 0.25) is 0 Å². The molecule has 3 nitrogen and oxygen atoms in total. The Bertz CT molecular complexity index is 528. The quantitative estimate of drug-likeness (QED) is 0.829. The van der Waals surface area contributed by atoms with E-state index >= 15 is 0 Å². The molecule has 23 heavy (non-hydrogen) atoms. The molecule has 1 N–H and O–H groups in total. The molecule has 0 spiro atoms. The van der Waals surface area contributed by atoms with Gasteiger partial charge in [0.1, 0.15) is 0 Å². The Kier molecular flexibility index (Phi) is 6.35. The summed E-state index contributed by atoms with van der Waals surface area (Å²) in [6.07, 6.45) is -0.855. The molecular formula is C16H21F3N2OS. The molecule has 1 amide bonds. The lowest BCUT2D eigenvalue weighted by molar-refractivity contribution is -0.148. The van der Waals surface area contributed by atoms with Gasteiger partial charge in [0.15, 0.2) is 0 Å². The number of alkyl halides is 3. The predicted octanol–water partition coefficient (Wildman–Crippen LogP) is 3.41. The van der Waals surface area contributed by atoms with Crippen molar-refractivity contribution in [3.8, 4) is 0 Å². The summed E-state index contributed by atoms with van der Waals surface area (Å²) in [6, 6.07) is 7.39. The fourth-order valence-electron chi connectivity index (χ4n) is 2.77. The van der Waals surface area contributed by atoms with E-state index in [4.69, 9.17) is 0 Å². The van der Waals surface area contributed by atoms with E-state index in [9.17, 15) is 18.0 Å². The lowest BCUT2D eigenvalue weighted by Gasteiger charge is -2.32. The summed E-state index contributed by atoms with van der Waals surface area (Å²) in [5.74, 6) is 0.123. The van der Waals surface area contributed by atoms with E-state index in [0.717, 1.165) is 4.90 Å². The van der Waals surface area contributed by atoms with Crippen molar-refractivity contribution in [1.82, 2.24) is 10.2 Å². The maximum atomic E-state index is 12.3. The Morgan fingerprint density at radius 1 is 1.30 bits per heavy atom. The number of likely N-dealkylation sites (tertiary alicyclic amines) is 1. The zero-order chi connectivity index (χ0) is 16.9. The minimum atomic E-state index is -4.14. The van der Waals surface area contributed by atoms with E-state index in [-0.39, 0.29) is 11.8 Å². The molecule has 1 heterocycles. The van der Waals surface area contributed by atoms with Gasteiger partial charge in [-0.15, -0.1) is 11.8 Å². The van der Waals surface area contributed by atoms with Crippen molar-refractivity contribution in [2.75, 3.05) is 32.4 Å². The standard InChI is InChI=1S/C16H21F3N2OS/c1-23-14-5-3-2-4-13(14)15(22)20-10-12-6-8-21(9-7-12)11-16(17,18)19/h2-5,12H,6-11H2,1H3,(H,20,22). The number of hydrogen-bond donors (Lipinski definition) is 1. The van der Waals surface area contributed by atoms with Gasteiger partial charge >= 0.3 is 6.18 Å². The molecular weight excluding hydrogens is 325 g/mol. The van der Waals surface area contributed by atoms with Gasteiger partial charge in [-0.2, -0.15) is 13.2 Å². The highest BCUT2D eigenvalue weighted by Crippen LogP contribution is 2.23. The molecule has 128 valence electrons. The van der Waals surface area contributed by atoms with Crippen LogP contribution in [-0.2, 0) is 0 Å². The number of thioether (sulfide) groups is 1. The number of halogens is 3. The number of benzene rings is 1. The molecule has 2 rings (SSSR count). The summed E-state index contributed by atoms with van der Waals surface area (Å²) >= 11 is 1.52. The number of piperidine rings is 1. The zero-order valence-corrected chi connectivity index (χ0v) is 13.8. The second-order valence-corrected chi connectivity index (χ2v) is 6.59. The van der Waals surface area contributed by atoms with E-state index in [1.54, 1.807) is 6.07 Å². The Morgan fingerprint density at radius 2 is 1.96 bits per heavy atom. The average molecular weight is 346 g/mol. The number of hydrogen-bond acceptors (Lipinski definition) is 3. The second-order valence-electron chi connectivity index (χ2n) is 5.75. The zero-order valence-electron chi connectivity index (χ0n) is 13.0. The third-order valence-corrected chi connectivity index (χ3v) is 4.81. The van der Waals surface area contributed by atoms with Crippen LogP contribution in [0.4, 0.5) is 13.2 Å². The molecule has 0 aliphatic carbocycles. The number of carbonyl (C=O) groups is 1. The van der Waals surface area contributed by atoms with Gasteiger partial charge in [-0.05, 0) is 50.2 Å². The topological polar surface area (TPSA) is 32.3 Å². The van der Waals surface area contributed by atoms with Gasteiger partial charge in [0, 0.05) is 11.4 Å². The lowest BCUT2D eigenvalue weighted by Crippen LogP contribution is -2.42. The Hall–Kier alpha value is -1.21. The first kappa shape index (κ1) is 18.1. The predicted molar refractivity (Wildman–Crippen MR) is 85.8 cm³/mol. The summed E-state index contributed by atoms with van der Waals surface area (Å²) in [5, 5.41) is 2.91. The van der Waals surface area contributed by atoms with Crippen molar-refractivity contribution >= 4 is 17.7 Å². The summed E-state index contributed by atoms with van der Waals surface area (Å²) < 4.78 is 37.0. The minimum absolute atomic E-state index is 0.118. The summed E-state index contributed by atoms with van der Waals surface area (Å²) in [6.45, 7) is 0.539. The van der Waals surface area contributed by atoms with Crippen LogP contribution in [-0.4, -0.2) is 49.4 Å². The summed E-state index contributed by atoms with van der Waals surface area (Å²) in [4.78, 5) is 14.6. The summed E-state index contributed by atoms with van der Waals surface area (Å²) in [7, 11) is 0. The molecule has 1 aromatic carbocycles. The van der Waals surface area contributed by atoms with Gasteiger partial charge < -0.3 is 5.32 Å². The van der Waals surface area contributed by atoms with Crippen molar-refractivity contribution in [3.63, 3.8) is 0 Å². The van der Waals surface area contributed by atoms with Crippen LogP contribution < -0.4 is 5.32 Å². The van der Waals surface area contributed by atoms with E-state index < -0.39 is 12.7 Å². The Balaban J connectivity index is 1.78. The van der Waals surface area contributed by atoms with Crippen molar-refractivity contribution < 1.29 is 18.0 Å². The number of rotatable bonds is 5. The molecule has 1 saturated heterocycles. The van der Waals surface area contributed by atoms with Crippen LogP contribution in [0, 0.1) is 5.92 Å². The molecule has 1 aliphatic heterocycles. The van der Waals surface area contributed by atoms with Crippen LogP contribution in [0.3, 0.4) is 0 Å². The van der Waals surface area contributed by atoms with Crippen LogP contribution in [0.5, 0.6) is 0 Å². The number of nitrogens with one attached hydrogen (secondary N) is 1. The second kappa shape index (κ2) is 8.06. The van der Waals surface area contributed by atoms with Crippen molar-refractivity contribution in [1.29, 1.82) is 0 Å². The van der Waals surface area contributed by atoms with E-state index in [1.807, 2.05) is 24.5 Å². The van der Waals surface area contributed by atoms with Crippen LogP contribution in [0.25, 0.3) is 0 Å². The normalized spacial score (nSPS) is 17.2. The monoisotopic (exact) mass is 346 g/mol. The molecule has 1 aromatic rings. The Labute approximate surface area is 138 Å². The molecule has 0 atom stereocenters. The SMILES string of the molecule is CSc1ccccc1C(=O)NCC1CCN(CC(F)(F)F)CC1. The smallest absolute Gasteiger partial charge is 0.352 e. The molecule has 7 heteroatoms. The number of carbonyl (C=O) groups excluding carboxylic acids is 1. The fraction of sp³-hybridized carbons (Fsp3) is 0.562. The maximum absolute atomic E-state index is 12.3. The third kappa shape index (κ3) is 5.73. The van der Waals surface area contributed by atoms with Crippen molar-refractivity contribution in [2.45, 2.75) is 23.9 Å². The highest BCUT2D eigenvalue weighted by Gasteiger charge is 2.32.